The Labute approximate surface area is 86.0 Å². The zero-order valence-electron chi connectivity index (χ0n) is 8.34. The van der Waals surface area contributed by atoms with Gasteiger partial charge in [0, 0.05) is 13.0 Å². The summed E-state index contributed by atoms with van der Waals surface area (Å²) in [7, 11) is 1.91. The Morgan fingerprint density at radius 2 is 2.15 bits per heavy atom. The highest BCUT2D eigenvalue weighted by Gasteiger charge is 1.95. The predicted molar refractivity (Wildman–Crippen MR) is 60.0 cm³/mol. The lowest BCUT2D eigenvalue weighted by Gasteiger charge is -2.06. The van der Waals surface area contributed by atoms with Crippen molar-refractivity contribution in [1.29, 1.82) is 0 Å². The first-order valence-corrected chi connectivity index (χ1v) is 5.22. The molecule has 0 aliphatic heterocycles. The molecule has 0 radical (unpaired) electrons. The lowest BCUT2D eigenvalue weighted by Crippen LogP contribution is -2.14. The van der Waals surface area contributed by atoms with E-state index in [1.54, 1.807) is 0 Å². The van der Waals surface area contributed by atoms with E-state index in [0.29, 0.717) is 5.05 Å². The fourth-order valence-corrected chi connectivity index (χ4v) is 1.09. The number of nitrogens with one attached hydrogen (secondary N) is 1. The highest BCUT2D eigenvalue weighted by atomic mass is 32.1. The number of hydrogen-bond donors (Lipinski definition) is 2. The third-order valence-corrected chi connectivity index (χ3v) is 2.01. The molecular formula is C9H20N2OS. The fraction of sp³-hybridized carbons (Fsp3) is 0.889. The summed E-state index contributed by atoms with van der Waals surface area (Å²) in [6.45, 7) is 2.40. The maximum absolute atomic E-state index is 5.36. The third-order valence-electron chi connectivity index (χ3n) is 1.69. The summed E-state index contributed by atoms with van der Waals surface area (Å²) in [5.41, 5.74) is 5.36. The molecule has 0 amide bonds. The molecule has 3 nitrogen and oxygen atoms in total. The second-order valence-electron chi connectivity index (χ2n) is 2.92. The van der Waals surface area contributed by atoms with Crippen LogP contribution in [0.5, 0.6) is 0 Å². The number of hydrogen-bond acceptors (Lipinski definition) is 4. The van der Waals surface area contributed by atoms with Crippen molar-refractivity contribution in [3.63, 3.8) is 0 Å². The summed E-state index contributed by atoms with van der Waals surface area (Å²) >= 11 is 5.01. The lowest BCUT2D eigenvalue weighted by molar-refractivity contribution is 0.293. The minimum Gasteiger partial charge on any atom is -0.487 e. The zero-order chi connectivity index (χ0) is 9.94. The molecule has 0 unspecified atom stereocenters. The van der Waals surface area contributed by atoms with Gasteiger partial charge in [-0.15, -0.1) is 0 Å². The molecule has 0 atom stereocenters. The van der Waals surface area contributed by atoms with Crippen molar-refractivity contribution < 1.29 is 4.74 Å². The van der Waals surface area contributed by atoms with Crippen LogP contribution in [-0.2, 0) is 4.74 Å². The molecule has 0 bridgehead atoms. The van der Waals surface area contributed by atoms with Crippen LogP contribution in [0.25, 0.3) is 0 Å². The Bertz CT molecular complexity index is 131. The Hall–Kier alpha value is -0.190. The largest absolute Gasteiger partial charge is 0.487 e. The molecule has 0 aromatic rings. The van der Waals surface area contributed by atoms with Gasteiger partial charge in [-0.05, 0) is 45.1 Å². The van der Waals surface area contributed by atoms with E-state index < -0.39 is 0 Å². The van der Waals surface area contributed by atoms with Gasteiger partial charge in [0.05, 0.1) is 6.61 Å². The van der Waals surface area contributed by atoms with Crippen LogP contribution in [0.4, 0.5) is 0 Å². The van der Waals surface area contributed by atoms with Crippen LogP contribution in [0.15, 0.2) is 0 Å². The lowest BCUT2D eigenvalue weighted by atomic mass is 10.2. The smallest absolute Gasteiger partial charge is 0.160 e. The van der Waals surface area contributed by atoms with Gasteiger partial charge in [0.2, 0.25) is 0 Å². The average molecular weight is 204 g/mol. The van der Waals surface area contributed by atoms with Crippen molar-refractivity contribution in [1.82, 2.24) is 5.32 Å². The van der Waals surface area contributed by atoms with Gasteiger partial charge in [0.15, 0.2) is 5.05 Å². The minimum absolute atomic E-state index is 0.710. The van der Waals surface area contributed by atoms with Crippen LogP contribution in [0, 0.1) is 0 Å². The summed E-state index contributed by atoms with van der Waals surface area (Å²) in [5, 5.41) is 3.74. The molecule has 0 fully saturated rings. The number of nitrogens with two attached hydrogens (primary N) is 1. The van der Waals surface area contributed by atoms with E-state index >= 15 is 0 Å². The van der Waals surface area contributed by atoms with Gasteiger partial charge in [-0.1, -0.05) is 0 Å². The molecule has 3 N–H and O–H groups in total. The molecule has 0 aromatic carbocycles. The highest BCUT2D eigenvalue weighted by molar-refractivity contribution is 7.80. The summed E-state index contributed by atoms with van der Waals surface area (Å²) in [4.78, 5) is 0. The van der Waals surface area contributed by atoms with Crippen LogP contribution in [0.2, 0.25) is 0 Å². The first kappa shape index (κ1) is 12.8. The van der Waals surface area contributed by atoms with Crippen molar-refractivity contribution in [2.24, 2.45) is 5.73 Å². The van der Waals surface area contributed by atoms with E-state index in [1.807, 2.05) is 7.05 Å². The number of rotatable bonds is 8. The van der Waals surface area contributed by atoms with Crippen LogP contribution in [0.3, 0.4) is 0 Å². The maximum Gasteiger partial charge on any atom is 0.160 e. The number of ether oxygens (including phenoxy) is 1. The predicted octanol–water partition coefficient (Wildman–Crippen LogP) is 1.07. The monoisotopic (exact) mass is 204 g/mol. The Morgan fingerprint density at radius 3 is 2.77 bits per heavy atom. The van der Waals surface area contributed by atoms with Gasteiger partial charge < -0.3 is 15.8 Å². The first-order valence-electron chi connectivity index (χ1n) is 4.81. The third kappa shape index (κ3) is 9.73. The van der Waals surface area contributed by atoms with E-state index in [0.717, 1.165) is 45.4 Å². The number of thiocarbonyl (C=S) groups is 1. The van der Waals surface area contributed by atoms with Crippen LogP contribution >= 0.6 is 12.2 Å². The maximum atomic E-state index is 5.36. The molecular weight excluding hydrogens is 184 g/mol. The van der Waals surface area contributed by atoms with Crippen molar-refractivity contribution in [2.75, 3.05) is 26.7 Å². The van der Waals surface area contributed by atoms with Crippen molar-refractivity contribution in [2.45, 2.75) is 25.7 Å². The van der Waals surface area contributed by atoms with E-state index in [-0.39, 0.29) is 0 Å². The average Bonchev–Trinajstić information content (AvgIpc) is 2.14. The Kier molecular flexibility index (Phi) is 9.75. The molecule has 0 spiro atoms. The molecule has 0 saturated heterocycles. The standard InChI is InChI=1S/C9H20N2OS/c1-11-7-5-9(13)12-8-4-2-3-6-10/h11H,2-8,10H2,1H3. The molecule has 13 heavy (non-hydrogen) atoms. The molecule has 0 aliphatic carbocycles. The molecule has 78 valence electrons. The van der Waals surface area contributed by atoms with E-state index in [4.69, 9.17) is 22.7 Å². The molecule has 0 aliphatic rings. The van der Waals surface area contributed by atoms with Gasteiger partial charge >= 0.3 is 0 Å². The molecule has 0 aromatic heterocycles. The normalized spacial score (nSPS) is 10.0. The van der Waals surface area contributed by atoms with Gasteiger partial charge in [-0.2, -0.15) is 0 Å². The quantitative estimate of drug-likeness (QED) is 0.458. The van der Waals surface area contributed by atoms with Crippen LogP contribution in [-0.4, -0.2) is 31.8 Å². The summed E-state index contributed by atoms with van der Waals surface area (Å²) in [6.07, 6.45) is 4.08. The summed E-state index contributed by atoms with van der Waals surface area (Å²) in [5.74, 6) is 0. The van der Waals surface area contributed by atoms with Crippen molar-refractivity contribution in [3.8, 4) is 0 Å². The SMILES string of the molecule is CNCCC(=S)OCCCCCN. The topological polar surface area (TPSA) is 47.3 Å². The Balaban J connectivity index is 3.08. The minimum atomic E-state index is 0.710. The van der Waals surface area contributed by atoms with Gasteiger partial charge in [-0.3, -0.25) is 0 Å². The molecule has 0 rings (SSSR count). The highest BCUT2D eigenvalue weighted by Crippen LogP contribution is 1.96. The zero-order valence-corrected chi connectivity index (χ0v) is 9.16. The molecule has 4 heteroatoms. The molecule has 0 saturated carbocycles. The van der Waals surface area contributed by atoms with Gasteiger partial charge in [-0.25, -0.2) is 0 Å². The van der Waals surface area contributed by atoms with Gasteiger partial charge in [0.25, 0.3) is 0 Å². The summed E-state index contributed by atoms with van der Waals surface area (Å²) < 4.78 is 5.34. The second-order valence-corrected chi connectivity index (χ2v) is 3.38. The summed E-state index contributed by atoms with van der Waals surface area (Å²) in [6, 6.07) is 0. The first-order chi connectivity index (χ1) is 6.31. The Morgan fingerprint density at radius 1 is 1.38 bits per heavy atom. The van der Waals surface area contributed by atoms with Crippen molar-refractivity contribution in [3.05, 3.63) is 0 Å². The number of unbranched alkanes of at least 4 members (excludes halogenated alkanes) is 2. The van der Waals surface area contributed by atoms with Crippen molar-refractivity contribution >= 4 is 17.3 Å². The van der Waals surface area contributed by atoms with E-state index in [1.165, 1.54) is 0 Å². The van der Waals surface area contributed by atoms with E-state index in [2.05, 4.69) is 5.32 Å². The fourth-order valence-electron chi connectivity index (χ4n) is 0.908. The van der Waals surface area contributed by atoms with Gasteiger partial charge in [0.1, 0.15) is 0 Å². The van der Waals surface area contributed by atoms with E-state index in [9.17, 15) is 0 Å². The second kappa shape index (κ2) is 9.89. The van der Waals surface area contributed by atoms with Crippen LogP contribution in [0.1, 0.15) is 25.7 Å². The van der Waals surface area contributed by atoms with Crippen LogP contribution < -0.4 is 11.1 Å². The molecule has 0 heterocycles.